The Morgan fingerprint density at radius 2 is 1.90 bits per heavy atom. The zero-order valence-corrected chi connectivity index (χ0v) is 12.8. The van der Waals surface area contributed by atoms with E-state index in [1.165, 1.54) is 6.07 Å². The lowest BCUT2D eigenvalue weighted by atomic mass is 10.1. The molecule has 2 rings (SSSR count). The number of phenols is 1. The number of fused-ring (bicyclic) bond motifs is 1. The van der Waals surface area contributed by atoms with Crippen LogP contribution in [0.5, 0.6) is 5.75 Å². The fraction of sp³-hybridized carbons (Fsp3) is 0.400. The molecule has 0 aliphatic heterocycles. The van der Waals surface area contributed by atoms with Crippen LogP contribution in [0.25, 0.3) is 11.0 Å². The first-order valence-electron chi connectivity index (χ1n) is 6.54. The van der Waals surface area contributed by atoms with E-state index in [0.29, 0.717) is 28.8 Å². The van der Waals surface area contributed by atoms with Gasteiger partial charge in [-0.2, -0.15) is 0 Å². The van der Waals surface area contributed by atoms with Crippen molar-refractivity contribution < 1.29 is 9.52 Å². The summed E-state index contributed by atoms with van der Waals surface area (Å²) in [6.45, 7) is 8.19. The molecule has 0 spiro atoms. The van der Waals surface area contributed by atoms with Gasteiger partial charge in [-0.25, -0.2) is 0 Å². The third-order valence-corrected chi connectivity index (χ3v) is 3.37. The molecule has 1 aromatic heterocycles. The number of nitrogens with zero attached hydrogens (tertiary/aromatic N) is 1. The first-order valence-corrected chi connectivity index (χ1v) is 6.54. The normalized spacial score (nSPS) is 10.8. The van der Waals surface area contributed by atoms with Gasteiger partial charge >= 0.3 is 0 Å². The maximum atomic E-state index is 11.9. The summed E-state index contributed by atoms with van der Waals surface area (Å²) in [6.07, 6.45) is 0. The maximum absolute atomic E-state index is 11.9. The molecule has 0 saturated carbocycles. The molecular formula is C15H20ClNO3. The molecule has 0 bridgehead atoms. The van der Waals surface area contributed by atoms with Crippen LogP contribution in [0.15, 0.2) is 27.4 Å². The van der Waals surface area contributed by atoms with Gasteiger partial charge in [0.1, 0.15) is 17.1 Å². The molecule has 0 radical (unpaired) electrons. The average molecular weight is 298 g/mol. The van der Waals surface area contributed by atoms with Crippen molar-refractivity contribution in [2.45, 2.75) is 27.3 Å². The SMILES string of the molecule is CCN(CC)Cc1c(O)ccc2c(=O)cc(C)oc12.Cl. The molecule has 0 aliphatic carbocycles. The summed E-state index contributed by atoms with van der Waals surface area (Å²) in [5.74, 6) is 0.733. The highest BCUT2D eigenvalue weighted by molar-refractivity contribution is 5.85. The fourth-order valence-electron chi connectivity index (χ4n) is 2.20. The van der Waals surface area contributed by atoms with Gasteiger partial charge in [-0.1, -0.05) is 13.8 Å². The molecule has 1 heterocycles. The monoisotopic (exact) mass is 297 g/mol. The van der Waals surface area contributed by atoms with Crippen molar-refractivity contribution in [2.75, 3.05) is 13.1 Å². The molecule has 0 aliphatic rings. The molecule has 20 heavy (non-hydrogen) atoms. The number of aryl methyl sites for hydroxylation is 1. The zero-order valence-electron chi connectivity index (χ0n) is 12.0. The third kappa shape index (κ3) is 3.14. The van der Waals surface area contributed by atoms with Gasteiger partial charge in [-0.3, -0.25) is 9.69 Å². The second kappa shape index (κ2) is 6.77. The van der Waals surface area contributed by atoms with Gasteiger partial charge in [-0.05, 0) is 32.1 Å². The van der Waals surface area contributed by atoms with Crippen molar-refractivity contribution in [3.8, 4) is 5.75 Å². The molecule has 4 nitrogen and oxygen atoms in total. The number of rotatable bonds is 4. The molecule has 1 aromatic carbocycles. The summed E-state index contributed by atoms with van der Waals surface area (Å²) in [7, 11) is 0. The second-order valence-corrected chi connectivity index (χ2v) is 4.62. The van der Waals surface area contributed by atoms with Gasteiger partial charge in [0.15, 0.2) is 5.43 Å². The van der Waals surface area contributed by atoms with Crippen LogP contribution >= 0.6 is 12.4 Å². The third-order valence-electron chi connectivity index (χ3n) is 3.37. The molecule has 1 N–H and O–H groups in total. The highest BCUT2D eigenvalue weighted by atomic mass is 35.5. The summed E-state index contributed by atoms with van der Waals surface area (Å²) in [6, 6.07) is 4.65. The van der Waals surface area contributed by atoms with Crippen LogP contribution < -0.4 is 5.43 Å². The Morgan fingerprint density at radius 1 is 1.25 bits per heavy atom. The first kappa shape index (κ1) is 16.5. The van der Waals surface area contributed by atoms with Crippen LogP contribution in [-0.2, 0) is 6.54 Å². The minimum Gasteiger partial charge on any atom is -0.507 e. The van der Waals surface area contributed by atoms with E-state index < -0.39 is 0 Å². The molecule has 0 amide bonds. The zero-order chi connectivity index (χ0) is 14.0. The number of hydrogen-bond donors (Lipinski definition) is 1. The van der Waals surface area contributed by atoms with Crippen molar-refractivity contribution in [1.82, 2.24) is 4.90 Å². The first-order chi connectivity index (χ1) is 9.06. The van der Waals surface area contributed by atoms with Crippen LogP contribution in [0.3, 0.4) is 0 Å². The van der Waals surface area contributed by atoms with E-state index in [4.69, 9.17) is 4.42 Å². The Labute approximate surface area is 124 Å². The van der Waals surface area contributed by atoms with Gasteiger partial charge in [0, 0.05) is 12.6 Å². The summed E-state index contributed by atoms with van der Waals surface area (Å²) < 4.78 is 5.66. The molecule has 0 fully saturated rings. The van der Waals surface area contributed by atoms with E-state index in [1.807, 2.05) is 0 Å². The molecule has 0 unspecified atom stereocenters. The lowest BCUT2D eigenvalue weighted by Gasteiger charge is -2.19. The van der Waals surface area contributed by atoms with E-state index in [0.717, 1.165) is 13.1 Å². The molecule has 0 saturated heterocycles. The van der Waals surface area contributed by atoms with Gasteiger partial charge in [0.2, 0.25) is 0 Å². The molecule has 2 aromatic rings. The maximum Gasteiger partial charge on any atom is 0.192 e. The van der Waals surface area contributed by atoms with E-state index in [9.17, 15) is 9.90 Å². The highest BCUT2D eigenvalue weighted by Gasteiger charge is 2.14. The quantitative estimate of drug-likeness (QED) is 0.942. The van der Waals surface area contributed by atoms with Crippen molar-refractivity contribution in [3.05, 3.63) is 39.7 Å². The molecular weight excluding hydrogens is 278 g/mol. The van der Waals surface area contributed by atoms with E-state index in [-0.39, 0.29) is 23.6 Å². The predicted molar refractivity (Wildman–Crippen MR) is 82.8 cm³/mol. The van der Waals surface area contributed by atoms with Crippen molar-refractivity contribution in [1.29, 1.82) is 0 Å². The predicted octanol–water partition coefficient (Wildman–Crippen LogP) is 3.07. The van der Waals surface area contributed by atoms with E-state index >= 15 is 0 Å². The van der Waals surface area contributed by atoms with Crippen LogP contribution in [-0.4, -0.2) is 23.1 Å². The minimum atomic E-state index is -0.0699. The fourth-order valence-corrected chi connectivity index (χ4v) is 2.20. The van der Waals surface area contributed by atoms with Crippen molar-refractivity contribution in [2.24, 2.45) is 0 Å². The largest absolute Gasteiger partial charge is 0.507 e. The number of halogens is 1. The topological polar surface area (TPSA) is 53.7 Å². The van der Waals surface area contributed by atoms with Crippen LogP contribution in [0.2, 0.25) is 0 Å². The Morgan fingerprint density at radius 3 is 2.50 bits per heavy atom. The Kier molecular flexibility index (Phi) is 5.60. The van der Waals surface area contributed by atoms with Crippen molar-refractivity contribution >= 4 is 23.4 Å². The van der Waals surface area contributed by atoms with Crippen LogP contribution in [0.4, 0.5) is 0 Å². The van der Waals surface area contributed by atoms with Gasteiger partial charge < -0.3 is 9.52 Å². The van der Waals surface area contributed by atoms with Gasteiger partial charge in [0.05, 0.1) is 10.9 Å². The molecule has 0 atom stereocenters. The van der Waals surface area contributed by atoms with E-state index in [1.54, 1.807) is 19.1 Å². The summed E-state index contributed by atoms with van der Waals surface area (Å²) in [4.78, 5) is 14.1. The Hall–Kier alpha value is -1.52. The number of hydrogen-bond acceptors (Lipinski definition) is 4. The van der Waals surface area contributed by atoms with Crippen LogP contribution in [0.1, 0.15) is 25.2 Å². The lowest BCUT2D eigenvalue weighted by molar-refractivity contribution is 0.290. The summed E-state index contributed by atoms with van der Waals surface area (Å²) in [5, 5.41) is 10.6. The molecule has 5 heteroatoms. The summed E-state index contributed by atoms with van der Waals surface area (Å²) in [5.41, 5.74) is 1.11. The van der Waals surface area contributed by atoms with E-state index in [2.05, 4.69) is 18.7 Å². The Balaban J connectivity index is 0.00000200. The van der Waals surface area contributed by atoms with Crippen LogP contribution in [0, 0.1) is 6.92 Å². The summed E-state index contributed by atoms with van der Waals surface area (Å²) >= 11 is 0. The van der Waals surface area contributed by atoms with Crippen molar-refractivity contribution in [3.63, 3.8) is 0 Å². The number of benzene rings is 1. The Bertz CT molecular complexity index is 647. The van der Waals surface area contributed by atoms with Gasteiger partial charge in [0.25, 0.3) is 0 Å². The second-order valence-electron chi connectivity index (χ2n) is 4.62. The lowest BCUT2D eigenvalue weighted by Crippen LogP contribution is -2.22. The van der Waals surface area contributed by atoms with Gasteiger partial charge in [-0.15, -0.1) is 12.4 Å². The highest BCUT2D eigenvalue weighted by Crippen LogP contribution is 2.27. The smallest absolute Gasteiger partial charge is 0.192 e. The number of aromatic hydroxyl groups is 1. The standard InChI is InChI=1S/C15H19NO3.ClH/c1-4-16(5-2)9-12-13(17)7-6-11-14(18)8-10(3)19-15(11)12;/h6-8,17H,4-5,9H2,1-3H3;1H. The number of phenolic OH excluding ortho intramolecular Hbond substituents is 1. The average Bonchev–Trinajstić information content (AvgIpc) is 2.37. The minimum absolute atomic E-state index is 0. The molecule has 110 valence electrons.